The van der Waals surface area contributed by atoms with Gasteiger partial charge in [-0.05, 0) is 24.9 Å². The van der Waals surface area contributed by atoms with Gasteiger partial charge in [-0.15, -0.1) is 5.10 Å². The fourth-order valence-electron chi connectivity index (χ4n) is 1.89. The molecule has 4 heteroatoms. The molecule has 0 saturated heterocycles. The van der Waals surface area contributed by atoms with E-state index in [1.165, 1.54) is 5.56 Å². The van der Waals surface area contributed by atoms with Gasteiger partial charge in [-0.2, -0.15) is 0 Å². The van der Waals surface area contributed by atoms with Gasteiger partial charge in [0.25, 0.3) is 0 Å². The summed E-state index contributed by atoms with van der Waals surface area (Å²) in [5, 5.41) is 8.00. The van der Waals surface area contributed by atoms with E-state index in [4.69, 9.17) is 5.73 Å². The molecular formula is C13H18N4. The van der Waals surface area contributed by atoms with Gasteiger partial charge < -0.3 is 5.73 Å². The lowest BCUT2D eigenvalue weighted by atomic mass is 10.1. The monoisotopic (exact) mass is 230 g/mol. The van der Waals surface area contributed by atoms with Gasteiger partial charge in [-0.1, -0.05) is 35.5 Å². The van der Waals surface area contributed by atoms with Crippen LogP contribution in [0.25, 0.3) is 0 Å². The molecule has 0 saturated carbocycles. The van der Waals surface area contributed by atoms with Crippen molar-refractivity contribution in [2.45, 2.75) is 25.8 Å². The maximum atomic E-state index is 5.54. The number of aromatic nitrogens is 3. The van der Waals surface area contributed by atoms with Gasteiger partial charge >= 0.3 is 0 Å². The number of benzene rings is 1. The van der Waals surface area contributed by atoms with Crippen LogP contribution in [0.2, 0.25) is 0 Å². The first kappa shape index (κ1) is 11.8. The topological polar surface area (TPSA) is 56.7 Å². The molecular weight excluding hydrogens is 212 g/mol. The maximum Gasteiger partial charge on any atom is 0.0725 e. The summed E-state index contributed by atoms with van der Waals surface area (Å²) in [5.41, 5.74) is 8.03. The molecule has 0 aliphatic heterocycles. The van der Waals surface area contributed by atoms with E-state index in [2.05, 4.69) is 34.6 Å². The molecule has 1 aromatic heterocycles. The highest BCUT2D eigenvalue weighted by Crippen LogP contribution is 2.05. The summed E-state index contributed by atoms with van der Waals surface area (Å²) in [6.45, 7) is 1.55. The van der Waals surface area contributed by atoms with E-state index in [1.54, 1.807) is 6.20 Å². The number of rotatable bonds is 6. The van der Waals surface area contributed by atoms with Crippen LogP contribution in [-0.4, -0.2) is 21.5 Å². The van der Waals surface area contributed by atoms with E-state index < -0.39 is 0 Å². The largest absolute Gasteiger partial charge is 0.330 e. The minimum absolute atomic E-state index is 0.645. The molecule has 4 nitrogen and oxygen atoms in total. The van der Waals surface area contributed by atoms with Crippen LogP contribution in [0.4, 0.5) is 0 Å². The molecule has 0 spiro atoms. The van der Waals surface area contributed by atoms with Gasteiger partial charge in [0.05, 0.1) is 11.9 Å². The highest BCUT2D eigenvalue weighted by atomic mass is 15.4. The Balaban J connectivity index is 1.84. The molecule has 0 fully saturated rings. The highest BCUT2D eigenvalue weighted by molar-refractivity contribution is 5.14. The third-order valence-electron chi connectivity index (χ3n) is 2.78. The van der Waals surface area contributed by atoms with E-state index in [1.807, 2.05) is 10.7 Å². The quantitative estimate of drug-likeness (QED) is 0.816. The Hall–Kier alpha value is -1.68. The van der Waals surface area contributed by atoms with Crippen LogP contribution in [0.3, 0.4) is 0 Å². The molecule has 0 aliphatic rings. The van der Waals surface area contributed by atoms with Gasteiger partial charge in [0.15, 0.2) is 0 Å². The predicted octanol–water partition coefficient (Wildman–Crippen LogP) is 1.41. The normalized spacial score (nSPS) is 10.6. The molecule has 90 valence electrons. The van der Waals surface area contributed by atoms with Crippen molar-refractivity contribution in [2.24, 2.45) is 5.73 Å². The van der Waals surface area contributed by atoms with Crippen molar-refractivity contribution in [3.63, 3.8) is 0 Å². The lowest BCUT2D eigenvalue weighted by molar-refractivity contribution is 0.538. The lowest BCUT2D eigenvalue weighted by Crippen LogP contribution is -2.10. The Morgan fingerprint density at radius 1 is 1.12 bits per heavy atom. The Morgan fingerprint density at radius 3 is 2.71 bits per heavy atom. The fraction of sp³-hybridized carbons (Fsp3) is 0.385. The molecule has 1 heterocycles. The number of nitrogens with zero attached hydrogens (tertiary/aromatic N) is 3. The molecule has 17 heavy (non-hydrogen) atoms. The van der Waals surface area contributed by atoms with Crippen molar-refractivity contribution < 1.29 is 0 Å². The van der Waals surface area contributed by atoms with E-state index >= 15 is 0 Å². The van der Waals surface area contributed by atoms with Gasteiger partial charge in [0.1, 0.15) is 0 Å². The maximum absolute atomic E-state index is 5.54. The van der Waals surface area contributed by atoms with Crippen molar-refractivity contribution in [3.8, 4) is 0 Å². The summed E-state index contributed by atoms with van der Waals surface area (Å²) in [5.74, 6) is 0. The summed E-state index contributed by atoms with van der Waals surface area (Å²) < 4.78 is 1.95. The second-order valence-corrected chi connectivity index (χ2v) is 4.08. The Labute approximate surface area is 101 Å². The molecule has 0 radical (unpaired) electrons. The number of hydrogen-bond donors (Lipinski definition) is 1. The summed E-state index contributed by atoms with van der Waals surface area (Å²) in [4.78, 5) is 0. The third-order valence-corrected chi connectivity index (χ3v) is 2.78. The third kappa shape index (κ3) is 3.39. The summed E-state index contributed by atoms with van der Waals surface area (Å²) in [6.07, 6.45) is 4.79. The standard InChI is InChI=1S/C13H18N4/c14-9-8-13-11-15-16-17(13)10-4-7-12-5-2-1-3-6-12/h1-3,5-6,11H,4,7-10,14H2. The SMILES string of the molecule is NCCc1cnnn1CCCc1ccccc1. The molecule has 0 atom stereocenters. The van der Waals surface area contributed by atoms with Crippen LogP contribution in [0.5, 0.6) is 0 Å². The van der Waals surface area contributed by atoms with E-state index in [0.29, 0.717) is 6.54 Å². The Morgan fingerprint density at radius 2 is 1.94 bits per heavy atom. The summed E-state index contributed by atoms with van der Waals surface area (Å²) >= 11 is 0. The Bertz CT molecular complexity index is 436. The number of nitrogens with two attached hydrogens (primary N) is 1. The van der Waals surface area contributed by atoms with Crippen molar-refractivity contribution in [1.29, 1.82) is 0 Å². The van der Waals surface area contributed by atoms with Gasteiger partial charge in [-0.25, -0.2) is 4.68 Å². The predicted molar refractivity (Wildman–Crippen MR) is 67.5 cm³/mol. The Kier molecular flexibility index (Phi) is 4.27. The van der Waals surface area contributed by atoms with E-state index in [-0.39, 0.29) is 0 Å². The van der Waals surface area contributed by atoms with Crippen molar-refractivity contribution in [3.05, 3.63) is 47.8 Å². The van der Waals surface area contributed by atoms with Crippen molar-refractivity contribution in [2.75, 3.05) is 6.54 Å². The van der Waals surface area contributed by atoms with Gasteiger partial charge in [0.2, 0.25) is 0 Å². The van der Waals surface area contributed by atoms with Crippen LogP contribution in [0.15, 0.2) is 36.5 Å². The zero-order valence-corrected chi connectivity index (χ0v) is 9.92. The van der Waals surface area contributed by atoms with Crippen molar-refractivity contribution >= 4 is 0 Å². The summed E-state index contributed by atoms with van der Waals surface area (Å²) in [7, 11) is 0. The molecule has 1 aromatic carbocycles. The first-order valence-electron chi connectivity index (χ1n) is 6.01. The molecule has 0 bridgehead atoms. The van der Waals surface area contributed by atoms with E-state index in [9.17, 15) is 0 Å². The van der Waals surface area contributed by atoms with Crippen molar-refractivity contribution in [1.82, 2.24) is 15.0 Å². The lowest BCUT2D eigenvalue weighted by Gasteiger charge is -2.05. The van der Waals surface area contributed by atoms with Gasteiger partial charge in [0, 0.05) is 13.0 Å². The zero-order chi connectivity index (χ0) is 11.9. The second-order valence-electron chi connectivity index (χ2n) is 4.08. The van der Waals surface area contributed by atoms with Crippen LogP contribution >= 0.6 is 0 Å². The molecule has 0 aliphatic carbocycles. The smallest absolute Gasteiger partial charge is 0.0725 e. The molecule has 0 amide bonds. The van der Waals surface area contributed by atoms with Crippen LogP contribution in [0.1, 0.15) is 17.7 Å². The minimum Gasteiger partial charge on any atom is -0.330 e. The van der Waals surface area contributed by atoms with Gasteiger partial charge in [-0.3, -0.25) is 0 Å². The number of aryl methyl sites for hydroxylation is 2. The first-order valence-corrected chi connectivity index (χ1v) is 6.01. The number of hydrogen-bond acceptors (Lipinski definition) is 3. The molecule has 0 unspecified atom stereocenters. The van der Waals surface area contributed by atoms with E-state index in [0.717, 1.165) is 31.5 Å². The van der Waals surface area contributed by atoms with Crippen LogP contribution < -0.4 is 5.73 Å². The molecule has 2 rings (SSSR count). The average molecular weight is 230 g/mol. The first-order chi connectivity index (χ1) is 8.40. The highest BCUT2D eigenvalue weighted by Gasteiger charge is 2.02. The zero-order valence-electron chi connectivity index (χ0n) is 9.92. The molecule has 2 aromatic rings. The second kappa shape index (κ2) is 6.15. The van der Waals surface area contributed by atoms with Crippen LogP contribution in [0, 0.1) is 0 Å². The fourth-order valence-corrected chi connectivity index (χ4v) is 1.89. The minimum atomic E-state index is 0.645. The summed E-state index contributed by atoms with van der Waals surface area (Å²) in [6, 6.07) is 10.5. The molecule has 2 N–H and O–H groups in total. The van der Waals surface area contributed by atoms with Crippen LogP contribution in [-0.2, 0) is 19.4 Å². The average Bonchev–Trinajstić information content (AvgIpc) is 2.79.